The van der Waals surface area contributed by atoms with E-state index < -0.39 is 20.0 Å². The van der Waals surface area contributed by atoms with E-state index in [-0.39, 0.29) is 16.3 Å². The van der Waals surface area contributed by atoms with Gasteiger partial charge in [0.15, 0.2) is 0 Å². The van der Waals surface area contributed by atoms with Crippen LogP contribution in [0.5, 0.6) is 0 Å². The molecule has 0 aliphatic carbocycles. The van der Waals surface area contributed by atoms with E-state index in [2.05, 4.69) is 16.6 Å². The first-order valence-electron chi connectivity index (χ1n) is 10.2. The lowest BCUT2D eigenvalue weighted by Gasteiger charge is -2.07. The molecule has 0 saturated heterocycles. The molecule has 0 unspecified atom stereocenters. The highest BCUT2D eigenvalue weighted by Crippen LogP contribution is 2.25. The molecule has 3 aromatic carbocycles. The minimum Gasteiger partial charge on any atom is -0.240 e. The Bertz CT molecular complexity index is 1590. The first-order chi connectivity index (χ1) is 15.7. The van der Waals surface area contributed by atoms with Gasteiger partial charge in [0.25, 0.3) is 10.0 Å². The standard InChI is InChI=1S/C25H22N2O4S2/c1-19-9-13-22(14-10-19)32(28,29)26-17-5-6-21-18-27(25-8-4-3-7-24(21)25)33(30,31)23-15-11-20(2)12-16-23/h3-4,7-16,18,26H,17H2,1-2H3. The average molecular weight is 479 g/mol. The number of aromatic nitrogens is 1. The van der Waals surface area contributed by atoms with Crippen molar-refractivity contribution in [3.8, 4) is 11.8 Å². The fourth-order valence-corrected chi connectivity index (χ4v) is 5.64. The highest BCUT2D eigenvalue weighted by atomic mass is 32.2. The molecule has 4 rings (SSSR count). The van der Waals surface area contributed by atoms with Crippen LogP contribution in [-0.4, -0.2) is 27.4 Å². The predicted molar refractivity (Wildman–Crippen MR) is 129 cm³/mol. The molecular weight excluding hydrogens is 456 g/mol. The number of benzene rings is 3. The van der Waals surface area contributed by atoms with Crippen molar-refractivity contribution < 1.29 is 16.8 Å². The first-order valence-corrected chi connectivity index (χ1v) is 13.1. The minimum atomic E-state index is -3.82. The van der Waals surface area contributed by atoms with Gasteiger partial charge in [0.05, 0.1) is 27.4 Å². The van der Waals surface area contributed by atoms with Crippen LogP contribution in [0.15, 0.2) is 88.8 Å². The number of hydrogen-bond acceptors (Lipinski definition) is 4. The molecule has 6 nitrogen and oxygen atoms in total. The smallest absolute Gasteiger partial charge is 0.240 e. The van der Waals surface area contributed by atoms with Gasteiger partial charge in [-0.25, -0.2) is 20.8 Å². The number of fused-ring (bicyclic) bond motifs is 1. The lowest BCUT2D eigenvalue weighted by Crippen LogP contribution is -2.23. The van der Waals surface area contributed by atoms with Crippen LogP contribution in [0.4, 0.5) is 0 Å². The lowest BCUT2D eigenvalue weighted by atomic mass is 10.2. The van der Waals surface area contributed by atoms with Gasteiger partial charge >= 0.3 is 0 Å². The highest BCUT2D eigenvalue weighted by molar-refractivity contribution is 7.90. The number of hydrogen-bond donors (Lipinski definition) is 1. The van der Waals surface area contributed by atoms with E-state index in [9.17, 15) is 16.8 Å². The van der Waals surface area contributed by atoms with Crippen LogP contribution in [0.1, 0.15) is 16.7 Å². The Hall–Kier alpha value is -3.38. The Morgan fingerprint density at radius 1 is 0.788 bits per heavy atom. The molecule has 0 amide bonds. The SMILES string of the molecule is Cc1ccc(S(=O)(=O)NCC#Cc2cn(S(=O)(=O)c3ccc(C)cc3)c3ccccc23)cc1. The molecule has 4 aromatic rings. The largest absolute Gasteiger partial charge is 0.268 e. The summed E-state index contributed by atoms with van der Waals surface area (Å²) in [4.78, 5) is 0.343. The summed E-state index contributed by atoms with van der Waals surface area (Å²) in [5, 5.41) is 0.669. The second kappa shape index (κ2) is 8.87. The van der Waals surface area contributed by atoms with Crippen molar-refractivity contribution in [2.45, 2.75) is 23.6 Å². The van der Waals surface area contributed by atoms with Crippen molar-refractivity contribution in [2.24, 2.45) is 0 Å². The number of rotatable bonds is 5. The van der Waals surface area contributed by atoms with Gasteiger partial charge < -0.3 is 0 Å². The van der Waals surface area contributed by atoms with Crippen molar-refractivity contribution in [1.82, 2.24) is 8.69 Å². The van der Waals surface area contributed by atoms with Gasteiger partial charge in [-0.05, 0) is 44.2 Å². The molecule has 33 heavy (non-hydrogen) atoms. The maximum absolute atomic E-state index is 13.2. The summed E-state index contributed by atoms with van der Waals surface area (Å²) in [5.74, 6) is 5.71. The Morgan fingerprint density at radius 3 is 2.00 bits per heavy atom. The fraction of sp³-hybridized carbons (Fsp3) is 0.120. The van der Waals surface area contributed by atoms with E-state index in [1.807, 2.05) is 13.8 Å². The van der Waals surface area contributed by atoms with Crippen LogP contribution in [0.2, 0.25) is 0 Å². The molecule has 0 fully saturated rings. The molecule has 1 heterocycles. The summed E-state index contributed by atoms with van der Waals surface area (Å²) in [7, 11) is -7.50. The zero-order valence-electron chi connectivity index (χ0n) is 18.1. The molecule has 1 N–H and O–H groups in total. The zero-order valence-corrected chi connectivity index (χ0v) is 19.7. The molecule has 0 radical (unpaired) electrons. The second-order valence-corrected chi connectivity index (χ2v) is 11.2. The Labute approximate surface area is 194 Å². The molecular formula is C25H22N2O4S2. The van der Waals surface area contributed by atoms with Crippen LogP contribution >= 0.6 is 0 Å². The summed E-state index contributed by atoms with van der Waals surface area (Å²) in [5.41, 5.74) is 2.93. The minimum absolute atomic E-state index is 0.111. The number of para-hydroxylation sites is 1. The maximum atomic E-state index is 13.2. The van der Waals surface area contributed by atoms with Crippen molar-refractivity contribution in [3.63, 3.8) is 0 Å². The Morgan fingerprint density at radius 2 is 1.36 bits per heavy atom. The van der Waals surface area contributed by atoms with Crippen molar-refractivity contribution in [3.05, 3.63) is 95.7 Å². The van der Waals surface area contributed by atoms with E-state index in [1.54, 1.807) is 60.7 Å². The third-order valence-corrected chi connectivity index (χ3v) is 8.27. The second-order valence-electron chi connectivity index (χ2n) is 7.61. The summed E-state index contributed by atoms with van der Waals surface area (Å²) in [6, 6.07) is 20.2. The lowest BCUT2D eigenvalue weighted by molar-refractivity contribution is 0.585. The number of sulfonamides is 1. The molecule has 0 bridgehead atoms. The average Bonchev–Trinajstić information content (AvgIpc) is 3.17. The molecule has 0 atom stereocenters. The van der Waals surface area contributed by atoms with Crippen LogP contribution in [0.25, 0.3) is 10.9 Å². The predicted octanol–water partition coefficient (Wildman–Crippen LogP) is 3.83. The van der Waals surface area contributed by atoms with Crippen LogP contribution < -0.4 is 4.72 Å². The van der Waals surface area contributed by atoms with Crippen LogP contribution in [0, 0.1) is 25.7 Å². The first kappa shape index (κ1) is 22.8. The van der Waals surface area contributed by atoms with Gasteiger partial charge in [-0.15, -0.1) is 0 Å². The monoisotopic (exact) mass is 478 g/mol. The number of nitrogens with one attached hydrogen (secondary N) is 1. The fourth-order valence-electron chi connectivity index (χ4n) is 3.34. The van der Waals surface area contributed by atoms with E-state index in [1.165, 1.54) is 22.3 Å². The van der Waals surface area contributed by atoms with E-state index in [4.69, 9.17) is 0 Å². The van der Waals surface area contributed by atoms with Gasteiger partial charge in [-0.2, -0.15) is 4.72 Å². The Balaban J connectivity index is 1.63. The number of aryl methyl sites for hydroxylation is 2. The molecule has 0 spiro atoms. The highest BCUT2D eigenvalue weighted by Gasteiger charge is 2.20. The zero-order chi connectivity index (χ0) is 23.6. The summed E-state index contributed by atoms with van der Waals surface area (Å²) in [6.07, 6.45) is 1.47. The quantitative estimate of drug-likeness (QED) is 0.442. The summed E-state index contributed by atoms with van der Waals surface area (Å²) in [6.45, 7) is 3.66. The molecule has 0 aliphatic rings. The molecule has 0 aliphatic heterocycles. The molecule has 0 saturated carbocycles. The van der Waals surface area contributed by atoms with Crippen molar-refractivity contribution in [2.75, 3.05) is 6.54 Å². The summed E-state index contributed by atoms with van der Waals surface area (Å²) < 4.78 is 55.0. The molecule has 8 heteroatoms. The van der Waals surface area contributed by atoms with Crippen molar-refractivity contribution in [1.29, 1.82) is 0 Å². The van der Waals surface area contributed by atoms with E-state index in [0.29, 0.717) is 16.5 Å². The number of nitrogens with zero attached hydrogens (tertiary/aromatic N) is 1. The van der Waals surface area contributed by atoms with Gasteiger partial charge in [0.1, 0.15) is 0 Å². The van der Waals surface area contributed by atoms with E-state index in [0.717, 1.165) is 11.1 Å². The Kier molecular flexibility index (Phi) is 6.13. The van der Waals surface area contributed by atoms with E-state index >= 15 is 0 Å². The van der Waals surface area contributed by atoms with Crippen LogP contribution in [0.3, 0.4) is 0 Å². The van der Waals surface area contributed by atoms with Gasteiger partial charge in [0.2, 0.25) is 10.0 Å². The van der Waals surface area contributed by atoms with Crippen LogP contribution in [-0.2, 0) is 20.0 Å². The topological polar surface area (TPSA) is 85.2 Å². The third-order valence-electron chi connectivity index (χ3n) is 5.16. The van der Waals surface area contributed by atoms with Gasteiger partial charge in [-0.1, -0.05) is 65.4 Å². The molecule has 1 aromatic heterocycles. The third kappa shape index (κ3) is 4.71. The van der Waals surface area contributed by atoms with Gasteiger partial charge in [-0.3, -0.25) is 0 Å². The van der Waals surface area contributed by atoms with Gasteiger partial charge in [0, 0.05) is 11.6 Å². The summed E-state index contributed by atoms with van der Waals surface area (Å²) >= 11 is 0. The van der Waals surface area contributed by atoms with Crippen molar-refractivity contribution >= 4 is 30.9 Å². The molecule has 168 valence electrons. The maximum Gasteiger partial charge on any atom is 0.268 e. The normalized spacial score (nSPS) is 11.8.